The lowest BCUT2D eigenvalue weighted by atomic mass is 10.2. The zero-order chi connectivity index (χ0) is 12.3. The van der Waals surface area contributed by atoms with E-state index in [0.717, 1.165) is 0 Å². The summed E-state index contributed by atoms with van der Waals surface area (Å²) in [5.41, 5.74) is 0. The van der Waals surface area contributed by atoms with Crippen LogP contribution in [0.1, 0.15) is 20.3 Å². The van der Waals surface area contributed by atoms with Crippen LogP contribution in [-0.2, 0) is 14.6 Å². The molecule has 7 heteroatoms. The molecule has 1 rings (SSSR count). The minimum absolute atomic E-state index is 0.0944. The van der Waals surface area contributed by atoms with E-state index in [0.29, 0.717) is 6.42 Å². The first-order valence-electron chi connectivity index (χ1n) is 5.15. The molecule has 0 aromatic heterocycles. The monoisotopic (exact) mass is 269 g/mol. The van der Waals surface area contributed by atoms with Crippen LogP contribution in [-0.4, -0.2) is 43.5 Å². The predicted molar refractivity (Wildman–Crippen MR) is 61.5 cm³/mol. The van der Waals surface area contributed by atoms with Gasteiger partial charge in [-0.2, -0.15) is 0 Å². The third-order valence-corrected chi connectivity index (χ3v) is 4.85. The molecule has 0 saturated carbocycles. The largest absolute Gasteiger partial charge is 0.447 e. The Hall–Kier alpha value is -0.490. The van der Waals surface area contributed by atoms with Crippen molar-refractivity contribution in [1.29, 1.82) is 0 Å². The number of alkyl halides is 1. The third kappa shape index (κ3) is 3.83. The van der Waals surface area contributed by atoms with Gasteiger partial charge in [0.15, 0.2) is 9.84 Å². The molecule has 1 heterocycles. The van der Waals surface area contributed by atoms with Gasteiger partial charge >= 0.3 is 6.09 Å². The highest BCUT2D eigenvalue weighted by atomic mass is 35.5. The Morgan fingerprint density at radius 3 is 2.62 bits per heavy atom. The van der Waals surface area contributed by atoms with Gasteiger partial charge in [-0.05, 0) is 13.3 Å². The lowest BCUT2D eigenvalue weighted by molar-refractivity contribution is 0.102. The first kappa shape index (κ1) is 13.6. The first-order valence-corrected chi connectivity index (χ1v) is 7.41. The van der Waals surface area contributed by atoms with Crippen molar-refractivity contribution in [3.8, 4) is 0 Å². The number of halogens is 1. The van der Waals surface area contributed by atoms with Gasteiger partial charge in [0.2, 0.25) is 0 Å². The summed E-state index contributed by atoms with van der Waals surface area (Å²) in [5, 5.41) is 1.90. The molecule has 3 atom stereocenters. The fourth-order valence-corrected chi connectivity index (χ4v) is 3.94. The lowest BCUT2D eigenvalue weighted by Gasteiger charge is -2.16. The highest BCUT2D eigenvalue weighted by molar-refractivity contribution is 7.91. The first-order chi connectivity index (χ1) is 7.34. The maximum atomic E-state index is 11.3. The van der Waals surface area contributed by atoms with Gasteiger partial charge in [0.25, 0.3) is 0 Å². The quantitative estimate of drug-likeness (QED) is 0.773. The van der Waals surface area contributed by atoms with Crippen LogP contribution in [0.15, 0.2) is 0 Å². The summed E-state index contributed by atoms with van der Waals surface area (Å²) in [4.78, 5) is 11.3. The van der Waals surface area contributed by atoms with Gasteiger partial charge in [-0.15, -0.1) is 11.6 Å². The molecule has 16 heavy (non-hydrogen) atoms. The molecule has 1 fully saturated rings. The second-order valence-corrected chi connectivity index (χ2v) is 6.68. The smallest absolute Gasteiger partial charge is 0.407 e. The van der Waals surface area contributed by atoms with Crippen molar-refractivity contribution < 1.29 is 17.9 Å². The van der Waals surface area contributed by atoms with Crippen molar-refractivity contribution in [3.05, 3.63) is 0 Å². The van der Waals surface area contributed by atoms with Gasteiger partial charge in [-0.3, -0.25) is 0 Å². The van der Waals surface area contributed by atoms with Gasteiger partial charge in [-0.1, -0.05) is 6.92 Å². The molecule has 5 nitrogen and oxygen atoms in total. The van der Waals surface area contributed by atoms with Crippen molar-refractivity contribution >= 4 is 27.5 Å². The van der Waals surface area contributed by atoms with Gasteiger partial charge in [0.1, 0.15) is 6.10 Å². The number of rotatable bonds is 3. The molecule has 1 aliphatic heterocycles. The van der Waals surface area contributed by atoms with E-state index in [1.165, 1.54) is 0 Å². The standard InChI is InChI=1S/C9H16ClNO4S/c1-3-6(2)15-9(12)11-8-5-16(13,14)4-7(8)10/h6-8H,3-5H2,1-2H3,(H,11,12)/t6-,7+,8-/m0/s1. The van der Waals surface area contributed by atoms with E-state index < -0.39 is 27.3 Å². The van der Waals surface area contributed by atoms with Crippen LogP contribution in [0.25, 0.3) is 0 Å². The van der Waals surface area contributed by atoms with E-state index in [2.05, 4.69) is 5.32 Å². The molecular weight excluding hydrogens is 254 g/mol. The minimum atomic E-state index is -3.13. The molecular formula is C9H16ClNO4S. The molecule has 0 aromatic carbocycles. The van der Waals surface area contributed by atoms with Gasteiger partial charge in [0.05, 0.1) is 22.9 Å². The van der Waals surface area contributed by atoms with Crippen molar-refractivity contribution in [2.75, 3.05) is 11.5 Å². The fourth-order valence-electron chi connectivity index (χ4n) is 1.39. The van der Waals surface area contributed by atoms with Crippen molar-refractivity contribution in [3.63, 3.8) is 0 Å². The van der Waals surface area contributed by atoms with E-state index in [1.807, 2.05) is 6.92 Å². The van der Waals surface area contributed by atoms with Crippen LogP contribution >= 0.6 is 11.6 Å². The minimum Gasteiger partial charge on any atom is -0.447 e. The van der Waals surface area contributed by atoms with Crippen LogP contribution in [0.5, 0.6) is 0 Å². The molecule has 0 spiro atoms. The SMILES string of the molecule is CC[C@H](C)OC(=O)N[C@H]1CS(=O)(=O)C[C@H]1Cl. The number of nitrogens with one attached hydrogen (secondary N) is 1. The Bertz CT molecular complexity index is 357. The Morgan fingerprint density at radius 2 is 2.19 bits per heavy atom. The number of ether oxygens (including phenoxy) is 1. The van der Waals surface area contributed by atoms with E-state index in [-0.39, 0.29) is 17.6 Å². The number of alkyl carbamates (subject to hydrolysis) is 1. The number of amides is 1. The van der Waals surface area contributed by atoms with Crippen molar-refractivity contribution in [2.45, 2.75) is 37.8 Å². The molecule has 1 amide bonds. The molecule has 1 N–H and O–H groups in total. The maximum Gasteiger partial charge on any atom is 0.407 e. The Morgan fingerprint density at radius 1 is 1.56 bits per heavy atom. The highest BCUT2D eigenvalue weighted by Crippen LogP contribution is 2.18. The van der Waals surface area contributed by atoms with Crippen molar-refractivity contribution in [1.82, 2.24) is 5.32 Å². The lowest BCUT2D eigenvalue weighted by Crippen LogP contribution is -2.41. The molecule has 0 radical (unpaired) electrons. The molecule has 1 saturated heterocycles. The summed E-state index contributed by atoms with van der Waals surface area (Å²) in [7, 11) is -3.13. The van der Waals surface area contributed by atoms with Crippen molar-refractivity contribution in [2.24, 2.45) is 0 Å². The van der Waals surface area contributed by atoms with Crippen LogP contribution < -0.4 is 5.32 Å². The van der Waals surface area contributed by atoms with Crippen LogP contribution in [0, 0.1) is 0 Å². The fraction of sp³-hybridized carbons (Fsp3) is 0.889. The summed E-state index contributed by atoms with van der Waals surface area (Å²) < 4.78 is 27.4. The van der Waals surface area contributed by atoms with Crippen LogP contribution in [0.4, 0.5) is 4.79 Å². The maximum absolute atomic E-state index is 11.3. The zero-order valence-corrected chi connectivity index (χ0v) is 10.8. The molecule has 0 aromatic rings. The van der Waals surface area contributed by atoms with E-state index in [4.69, 9.17) is 16.3 Å². The number of hydrogen-bond acceptors (Lipinski definition) is 4. The highest BCUT2D eigenvalue weighted by Gasteiger charge is 2.37. The molecule has 1 aliphatic rings. The molecule has 0 bridgehead atoms. The number of sulfone groups is 1. The Balaban J connectivity index is 2.46. The van der Waals surface area contributed by atoms with Crippen LogP contribution in [0.3, 0.4) is 0 Å². The van der Waals surface area contributed by atoms with Crippen LogP contribution in [0.2, 0.25) is 0 Å². The van der Waals surface area contributed by atoms with Gasteiger partial charge < -0.3 is 10.1 Å². The number of carbonyl (C=O) groups excluding carboxylic acids is 1. The summed E-state index contributed by atoms with van der Waals surface area (Å²) in [5.74, 6) is -0.209. The molecule has 0 unspecified atom stereocenters. The summed E-state index contributed by atoms with van der Waals surface area (Å²) in [6.07, 6.45) is -0.0883. The van der Waals surface area contributed by atoms with Gasteiger partial charge in [0, 0.05) is 0 Å². The Labute approximate surface area is 100 Å². The number of carbonyl (C=O) groups is 1. The average Bonchev–Trinajstić information content (AvgIpc) is 2.39. The average molecular weight is 270 g/mol. The van der Waals surface area contributed by atoms with E-state index in [9.17, 15) is 13.2 Å². The normalized spacial score (nSPS) is 29.7. The molecule has 0 aliphatic carbocycles. The van der Waals surface area contributed by atoms with Gasteiger partial charge in [-0.25, -0.2) is 13.2 Å². The molecule has 94 valence electrons. The summed E-state index contributed by atoms with van der Waals surface area (Å²) in [6, 6.07) is -0.553. The zero-order valence-electron chi connectivity index (χ0n) is 9.27. The Kier molecular flexibility index (Phi) is 4.43. The summed E-state index contributed by atoms with van der Waals surface area (Å²) >= 11 is 5.83. The van der Waals surface area contributed by atoms with E-state index in [1.54, 1.807) is 6.92 Å². The third-order valence-electron chi connectivity index (χ3n) is 2.47. The summed E-state index contributed by atoms with van der Waals surface area (Å²) in [6.45, 7) is 3.66. The topological polar surface area (TPSA) is 72.5 Å². The second-order valence-electron chi connectivity index (χ2n) is 3.97. The predicted octanol–water partition coefficient (Wildman–Crippen LogP) is 0.915. The number of hydrogen-bond donors (Lipinski definition) is 1. The second kappa shape index (κ2) is 5.23. The van der Waals surface area contributed by atoms with E-state index >= 15 is 0 Å².